The van der Waals surface area contributed by atoms with Crippen LogP contribution in [0.15, 0.2) is 30.5 Å². The lowest BCUT2D eigenvalue weighted by molar-refractivity contribution is 0.0964. The van der Waals surface area contributed by atoms with Gasteiger partial charge in [-0.3, -0.25) is 4.79 Å². The minimum absolute atomic E-state index is 0.109. The molecule has 0 saturated heterocycles. The Morgan fingerprint density at radius 2 is 2.19 bits per heavy atom. The van der Waals surface area contributed by atoms with E-state index in [9.17, 15) is 4.79 Å². The highest BCUT2D eigenvalue weighted by molar-refractivity contribution is 7.18. The van der Waals surface area contributed by atoms with Crippen molar-refractivity contribution in [3.8, 4) is 10.4 Å². The second-order valence-electron chi connectivity index (χ2n) is 3.19. The van der Waals surface area contributed by atoms with E-state index in [1.807, 2.05) is 18.2 Å². The molecule has 2 rings (SSSR count). The predicted molar refractivity (Wildman–Crippen MR) is 65.4 cm³/mol. The van der Waals surface area contributed by atoms with E-state index in [1.165, 1.54) is 11.3 Å². The summed E-state index contributed by atoms with van der Waals surface area (Å²) in [6.45, 7) is 0. The number of rotatable bonds is 2. The molecule has 0 saturated carbocycles. The van der Waals surface area contributed by atoms with Gasteiger partial charge in [0, 0.05) is 24.4 Å². The Kier molecular flexibility index (Phi) is 2.87. The van der Waals surface area contributed by atoms with Gasteiger partial charge in [0.05, 0.1) is 4.88 Å². The Balaban J connectivity index is 2.52. The van der Waals surface area contributed by atoms with Gasteiger partial charge in [-0.2, -0.15) is 0 Å². The Morgan fingerprint density at radius 1 is 1.44 bits per heavy atom. The van der Waals surface area contributed by atoms with Crippen molar-refractivity contribution in [1.29, 1.82) is 0 Å². The molecule has 0 radical (unpaired) electrons. The highest BCUT2D eigenvalue weighted by Crippen LogP contribution is 2.29. The molecule has 4 nitrogen and oxygen atoms in total. The topological polar surface area (TPSA) is 68.0 Å². The van der Waals surface area contributed by atoms with Gasteiger partial charge >= 0.3 is 0 Å². The second-order valence-corrected chi connectivity index (χ2v) is 4.25. The molecule has 0 atom stereocenters. The fourth-order valence-corrected chi connectivity index (χ4v) is 2.17. The number of hydrogen-bond acceptors (Lipinski definition) is 4. The maximum atomic E-state index is 11.7. The number of aromatic nitrogens is 1. The van der Waals surface area contributed by atoms with Crippen LogP contribution in [0.5, 0.6) is 0 Å². The minimum Gasteiger partial charge on any atom is -0.375 e. The van der Waals surface area contributed by atoms with Crippen molar-refractivity contribution in [2.24, 2.45) is 0 Å². The lowest BCUT2D eigenvalue weighted by Crippen LogP contribution is -2.18. The van der Waals surface area contributed by atoms with E-state index < -0.39 is 0 Å². The van der Waals surface area contributed by atoms with E-state index in [4.69, 9.17) is 5.73 Å². The fraction of sp³-hybridized carbons (Fsp3) is 0.0909. The number of amides is 1. The SMILES string of the molecule is CNC(=O)c1ccccc1-c1cnc(N)s1. The Hall–Kier alpha value is -1.88. The number of anilines is 1. The molecule has 0 bridgehead atoms. The molecule has 0 fully saturated rings. The summed E-state index contributed by atoms with van der Waals surface area (Å²) in [4.78, 5) is 16.5. The summed E-state index contributed by atoms with van der Waals surface area (Å²) in [6, 6.07) is 7.39. The second kappa shape index (κ2) is 4.32. The van der Waals surface area contributed by atoms with Gasteiger partial charge in [-0.1, -0.05) is 29.5 Å². The van der Waals surface area contributed by atoms with Crippen molar-refractivity contribution in [3.63, 3.8) is 0 Å². The van der Waals surface area contributed by atoms with Crippen LogP contribution in [0.3, 0.4) is 0 Å². The van der Waals surface area contributed by atoms with E-state index >= 15 is 0 Å². The molecule has 2 aromatic rings. The number of nitrogens with two attached hydrogens (primary N) is 1. The summed E-state index contributed by atoms with van der Waals surface area (Å²) >= 11 is 1.37. The van der Waals surface area contributed by atoms with Crippen LogP contribution in [0.2, 0.25) is 0 Å². The monoisotopic (exact) mass is 233 g/mol. The van der Waals surface area contributed by atoms with Crippen LogP contribution < -0.4 is 11.1 Å². The van der Waals surface area contributed by atoms with Crippen LogP contribution in [-0.2, 0) is 0 Å². The molecular formula is C11H11N3OS. The number of carbonyl (C=O) groups excluding carboxylic acids is 1. The number of nitrogens with one attached hydrogen (secondary N) is 1. The van der Waals surface area contributed by atoms with Gasteiger partial charge in [-0.15, -0.1) is 0 Å². The molecule has 1 aromatic heterocycles. The van der Waals surface area contributed by atoms with Crippen molar-refractivity contribution in [2.45, 2.75) is 0 Å². The number of thiazole rings is 1. The number of benzene rings is 1. The molecule has 3 N–H and O–H groups in total. The van der Waals surface area contributed by atoms with Crippen molar-refractivity contribution in [2.75, 3.05) is 12.8 Å². The van der Waals surface area contributed by atoms with E-state index in [-0.39, 0.29) is 5.91 Å². The zero-order valence-electron chi connectivity index (χ0n) is 8.73. The average Bonchev–Trinajstić information content (AvgIpc) is 2.75. The maximum absolute atomic E-state index is 11.7. The maximum Gasteiger partial charge on any atom is 0.251 e. The zero-order chi connectivity index (χ0) is 11.5. The summed E-state index contributed by atoms with van der Waals surface area (Å²) in [6.07, 6.45) is 1.68. The van der Waals surface area contributed by atoms with E-state index in [2.05, 4.69) is 10.3 Å². The van der Waals surface area contributed by atoms with E-state index in [1.54, 1.807) is 19.3 Å². The van der Waals surface area contributed by atoms with Gasteiger partial charge in [0.1, 0.15) is 0 Å². The third-order valence-electron chi connectivity index (χ3n) is 2.19. The largest absolute Gasteiger partial charge is 0.375 e. The van der Waals surface area contributed by atoms with Crippen LogP contribution in [0.25, 0.3) is 10.4 Å². The average molecular weight is 233 g/mol. The molecule has 1 heterocycles. The van der Waals surface area contributed by atoms with Gasteiger partial charge in [0.2, 0.25) is 0 Å². The van der Waals surface area contributed by atoms with Crippen LogP contribution in [0.4, 0.5) is 5.13 Å². The molecule has 0 aliphatic carbocycles. The van der Waals surface area contributed by atoms with Gasteiger partial charge in [-0.25, -0.2) is 4.98 Å². The summed E-state index contributed by atoms with van der Waals surface area (Å²) in [5.41, 5.74) is 7.07. The van der Waals surface area contributed by atoms with Crippen LogP contribution >= 0.6 is 11.3 Å². The van der Waals surface area contributed by atoms with Crippen molar-refractivity contribution >= 4 is 22.4 Å². The standard InChI is InChI=1S/C11H11N3OS/c1-13-10(15)8-5-3-2-4-7(8)9-6-14-11(12)16-9/h2-6H,1H3,(H2,12,14)(H,13,15). The molecule has 1 aromatic carbocycles. The summed E-state index contributed by atoms with van der Waals surface area (Å²) in [5, 5.41) is 3.11. The Bertz CT molecular complexity index is 521. The van der Waals surface area contributed by atoms with Gasteiger partial charge in [0.15, 0.2) is 5.13 Å². The Morgan fingerprint density at radius 3 is 2.81 bits per heavy atom. The van der Waals surface area contributed by atoms with Crippen LogP contribution in [0.1, 0.15) is 10.4 Å². The van der Waals surface area contributed by atoms with Gasteiger partial charge < -0.3 is 11.1 Å². The lowest BCUT2D eigenvalue weighted by atomic mass is 10.1. The van der Waals surface area contributed by atoms with E-state index in [0.29, 0.717) is 10.7 Å². The quantitative estimate of drug-likeness (QED) is 0.830. The first-order chi connectivity index (χ1) is 7.72. The minimum atomic E-state index is -0.109. The number of hydrogen-bond donors (Lipinski definition) is 2. The number of carbonyl (C=O) groups is 1. The molecule has 0 unspecified atom stereocenters. The van der Waals surface area contributed by atoms with Crippen LogP contribution in [-0.4, -0.2) is 17.9 Å². The molecule has 1 amide bonds. The van der Waals surface area contributed by atoms with Crippen molar-refractivity contribution < 1.29 is 4.79 Å². The molecule has 16 heavy (non-hydrogen) atoms. The first-order valence-corrected chi connectivity index (χ1v) is 5.57. The Labute approximate surface area is 97.1 Å². The normalized spacial score (nSPS) is 10.1. The summed E-state index contributed by atoms with van der Waals surface area (Å²) in [5.74, 6) is -0.109. The third kappa shape index (κ3) is 1.90. The van der Waals surface area contributed by atoms with Crippen molar-refractivity contribution in [3.05, 3.63) is 36.0 Å². The van der Waals surface area contributed by atoms with Crippen LogP contribution in [0, 0.1) is 0 Å². The molecule has 0 aliphatic heterocycles. The highest BCUT2D eigenvalue weighted by atomic mass is 32.1. The predicted octanol–water partition coefficient (Wildman–Crippen LogP) is 1.75. The number of nitrogens with zero attached hydrogens (tertiary/aromatic N) is 1. The highest BCUT2D eigenvalue weighted by Gasteiger charge is 2.12. The van der Waals surface area contributed by atoms with Crippen molar-refractivity contribution in [1.82, 2.24) is 10.3 Å². The van der Waals surface area contributed by atoms with Gasteiger partial charge in [0.25, 0.3) is 5.91 Å². The number of nitrogen functional groups attached to an aromatic ring is 1. The van der Waals surface area contributed by atoms with Gasteiger partial charge in [-0.05, 0) is 6.07 Å². The smallest absolute Gasteiger partial charge is 0.251 e. The first kappa shape index (κ1) is 10.6. The van der Waals surface area contributed by atoms with E-state index in [0.717, 1.165) is 10.4 Å². The first-order valence-electron chi connectivity index (χ1n) is 4.75. The zero-order valence-corrected chi connectivity index (χ0v) is 9.54. The molecular weight excluding hydrogens is 222 g/mol. The molecule has 0 spiro atoms. The third-order valence-corrected chi connectivity index (χ3v) is 3.05. The lowest BCUT2D eigenvalue weighted by Gasteiger charge is -2.05. The summed E-state index contributed by atoms with van der Waals surface area (Å²) in [7, 11) is 1.61. The fourth-order valence-electron chi connectivity index (χ4n) is 1.44. The summed E-state index contributed by atoms with van der Waals surface area (Å²) < 4.78 is 0. The molecule has 82 valence electrons. The molecule has 5 heteroatoms. The molecule has 0 aliphatic rings.